The Kier molecular flexibility index (Phi) is 8.46. The van der Waals surface area contributed by atoms with Crippen molar-refractivity contribution < 1.29 is 19.4 Å². The Morgan fingerprint density at radius 1 is 1.11 bits per heavy atom. The molecule has 11 heteroatoms. The highest BCUT2D eigenvalue weighted by molar-refractivity contribution is 9.13. The molecule has 0 saturated carbocycles. The molecule has 0 atom stereocenters. The van der Waals surface area contributed by atoms with Gasteiger partial charge < -0.3 is 14.6 Å². The molecule has 37 heavy (non-hydrogen) atoms. The van der Waals surface area contributed by atoms with E-state index in [1.165, 1.54) is 17.0 Å². The molecule has 4 aromatic rings. The summed E-state index contributed by atoms with van der Waals surface area (Å²) in [5.41, 5.74) is 1.82. The van der Waals surface area contributed by atoms with E-state index in [0.717, 1.165) is 4.47 Å². The van der Waals surface area contributed by atoms with E-state index in [-0.39, 0.29) is 17.7 Å². The van der Waals surface area contributed by atoms with Gasteiger partial charge in [0.15, 0.2) is 11.5 Å². The molecule has 0 unspecified atom stereocenters. The molecule has 0 spiro atoms. The number of aromatic nitrogens is 2. The molecule has 3 aromatic carbocycles. The molecular weight excluding hydrogens is 674 g/mol. The zero-order valence-electron chi connectivity index (χ0n) is 19.7. The van der Waals surface area contributed by atoms with E-state index < -0.39 is 5.97 Å². The molecule has 0 saturated heterocycles. The van der Waals surface area contributed by atoms with Gasteiger partial charge in [0, 0.05) is 14.5 Å². The number of ether oxygens (including phenoxy) is 2. The molecule has 190 valence electrons. The van der Waals surface area contributed by atoms with E-state index in [4.69, 9.17) is 9.47 Å². The summed E-state index contributed by atoms with van der Waals surface area (Å²) in [5.74, 6) is 0.336. The fraction of sp³-hybridized carbons (Fsp3) is 0.154. The lowest BCUT2D eigenvalue weighted by Gasteiger charge is -2.16. The second-order valence-corrected chi connectivity index (χ2v) is 10.3. The lowest BCUT2D eigenvalue weighted by Crippen LogP contribution is -2.20. The lowest BCUT2D eigenvalue weighted by molar-refractivity contribution is 0.0696. The smallest absolute Gasteiger partial charge is 0.335 e. The Hall–Kier alpha value is -3.02. The van der Waals surface area contributed by atoms with Crippen LogP contribution in [0.4, 0.5) is 0 Å². The number of carbonyl (C=O) groups is 1. The van der Waals surface area contributed by atoms with Gasteiger partial charge in [0.05, 0.1) is 33.8 Å². The van der Waals surface area contributed by atoms with Gasteiger partial charge in [-0.15, -0.1) is 0 Å². The minimum absolute atomic E-state index is 0.132. The van der Waals surface area contributed by atoms with Gasteiger partial charge in [-0.05, 0) is 87.7 Å². The minimum Gasteiger partial charge on any atom is -0.490 e. The maximum atomic E-state index is 13.1. The normalized spacial score (nSPS) is 11.3. The van der Waals surface area contributed by atoms with Crippen LogP contribution in [0, 0.1) is 6.92 Å². The molecule has 8 nitrogen and oxygen atoms in total. The number of aromatic carboxylic acids is 1. The zero-order valence-corrected chi connectivity index (χ0v) is 24.4. The fourth-order valence-electron chi connectivity index (χ4n) is 3.56. The molecule has 1 heterocycles. The summed E-state index contributed by atoms with van der Waals surface area (Å²) >= 11 is 10.5. The summed E-state index contributed by atoms with van der Waals surface area (Å²) in [4.78, 5) is 28.8. The zero-order chi connectivity index (χ0) is 26.7. The minimum atomic E-state index is -1.01. The first-order valence-electron chi connectivity index (χ1n) is 11.0. The highest BCUT2D eigenvalue weighted by Crippen LogP contribution is 2.43. The number of nitrogens with zero attached hydrogens (tertiary/aromatic N) is 3. The van der Waals surface area contributed by atoms with Crippen LogP contribution in [0.3, 0.4) is 0 Å². The summed E-state index contributed by atoms with van der Waals surface area (Å²) in [5, 5.41) is 14.1. The number of hydrogen-bond donors (Lipinski definition) is 1. The van der Waals surface area contributed by atoms with Gasteiger partial charge in [-0.2, -0.15) is 9.78 Å². The summed E-state index contributed by atoms with van der Waals surface area (Å²) in [6.45, 7) is 4.09. The fourth-order valence-corrected chi connectivity index (χ4v) is 4.86. The van der Waals surface area contributed by atoms with Crippen LogP contribution in [-0.4, -0.2) is 33.6 Å². The van der Waals surface area contributed by atoms with Crippen LogP contribution >= 0.6 is 47.8 Å². The Balaban J connectivity index is 1.69. The SMILES string of the molecule is CCOc1cc(C=Nn2c(C)nc3ccc(Br)cc3c2=O)c(Br)c(Br)c1OCc1cccc(C(=O)O)c1. The standard InChI is InChI=1S/C26H20Br3N3O5/c1-3-36-21-10-17(12-30-32-14(2)31-20-8-7-18(27)11-19(20)25(32)33)22(28)23(29)24(21)37-13-15-5-4-6-16(9-15)26(34)35/h4-12H,3,13H2,1-2H3,(H,34,35). The van der Waals surface area contributed by atoms with Crippen LogP contribution in [0.1, 0.15) is 34.2 Å². The van der Waals surface area contributed by atoms with Crippen LogP contribution in [0.25, 0.3) is 10.9 Å². The van der Waals surface area contributed by atoms with Crippen LogP contribution in [0.2, 0.25) is 0 Å². The number of hydrogen-bond acceptors (Lipinski definition) is 6. The van der Waals surface area contributed by atoms with Crippen molar-refractivity contribution in [3.05, 3.63) is 94.8 Å². The Morgan fingerprint density at radius 2 is 1.89 bits per heavy atom. The predicted octanol–water partition coefficient (Wildman–Crippen LogP) is 6.55. The number of carboxylic acids is 1. The second kappa shape index (κ2) is 11.6. The van der Waals surface area contributed by atoms with Crippen LogP contribution in [-0.2, 0) is 6.61 Å². The molecule has 1 aromatic heterocycles. The molecule has 0 fully saturated rings. The molecule has 0 aliphatic rings. The molecule has 1 N–H and O–H groups in total. The van der Waals surface area contributed by atoms with Crippen molar-refractivity contribution in [1.29, 1.82) is 0 Å². The highest BCUT2D eigenvalue weighted by Gasteiger charge is 2.18. The van der Waals surface area contributed by atoms with Gasteiger partial charge in [-0.3, -0.25) is 4.79 Å². The number of halogens is 3. The maximum absolute atomic E-state index is 13.1. The van der Waals surface area contributed by atoms with Crippen molar-refractivity contribution in [3.63, 3.8) is 0 Å². The van der Waals surface area contributed by atoms with Gasteiger partial charge in [-0.25, -0.2) is 9.78 Å². The van der Waals surface area contributed by atoms with E-state index in [9.17, 15) is 14.7 Å². The molecule has 4 rings (SSSR count). The average Bonchev–Trinajstić information content (AvgIpc) is 2.87. The lowest BCUT2D eigenvalue weighted by atomic mass is 10.1. The average molecular weight is 694 g/mol. The van der Waals surface area contributed by atoms with E-state index >= 15 is 0 Å². The molecule has 0 bridgehead atoms. The van der Waals surface area contributed by atoms with E-state index in [0.29, 0.717) is 54.9 Å². The Bertz CT molecular complexity index is 1600. The van der Waals surface area contributed by atoms with Gasteiger partial charge in [-0.1, -0.05) is 28.1 Å². The van der Waals surface area contributed by atoms with Gasteiger partial charge in [0.2, 0.25) is 0 Å². The van der Waals surface area contributed by atoms with Crippen LogP contribution in [0.5, 0.6) is 11.5 Å². The quantitative estimate of drug-likeness (QED) is 0.210. The first kappa shape index (κ1) is 27.0. The highest BCUT2D eigenvalue weighted by atomic mass is 79.9. The molecule has 0 aliphatic carbocycles. The van der Waals surface area contributed by atoms with E-state index in [1.54, 1.807) is 43.3 Å². The molecular formula is C26H20Br3N3O5. The molecule has 0 amide bonds. The monoisotopic (exact) mass is 691 g/mol. The van der Waals surface area contributed by atoms with Crippen molar-refractivity contribution in [2.75, 3.05) is 6.61 Å². The number of fused-ring (bicyclic) bond motifs is 1. The number of rotatable bonds is 8. The van der Waals surface area contributed by atoms with Crippen molar-refractivity contribution >= 4 is 70.9 Å². The second-order valence-electron chi connectivity index (χ2n) is 7.83. The van der Waals surface area contributed by atoms with E-state index in [2.05, 4.69) is 57.9 Å². The molecule has 0 aliphatic heterocycles. The summed E-state index contributed by atoms with van der Waals surface area (Å²) < 4.78 is 15.1. The topological polar surface area (TPSA) is 103 Å². The Morgan fingerprint density at radius 3 is 2.62 bits per heavy atom. The van der Waals surface area contributed by atoms with Gasteiger partial charge >= 0.3 is 5.97 Å². The van der Waals surface area contributed by atoms with Gasteiger partial charge in [0.1, 0.15) is 12.4 Å². The van der Waals surface area contributed by atoms with Gasteiger partial charge in [0.25, 0.3) is 5.56 Å². The number of benzene rings is 3. The van der Waals surface area contributed by atoms with Crippen molar-refractivity contribution in [2.45, 2.75) is 20.5 Å². The van der Waals surface area contributed by atoms with Crippen molar-refractivity contribution in [1.82, 2.24) is 9.66 Å². The summed E-state index contributed by atoms with van der Waals surface area (Å²) in [7, 11) is 0. The summed E-state index contributed by atoms with van der Waals surface area (Å²) in [6.07, 6.45) is 1.54. The van der Waals surface area contributed by atoms with E-state index in [1.807, 2.05) is 13.0 Å². The summed E-state index contributed by atoms with van der Waals surface area (Å²) in [6, 6.07) is 13.6. The first-order chi connectivity index (χ1) is 17.7. The van der Waals surface area contributed by atoms with Crippen molar-refractivity contribution in [2.24, 2.45) is 5.10 Å². The third-order valence-corrected chi connectivity index (χ3v) is 7.93. The van der Waals surface area contributed by atoms with Crippen molar-refractivity contribution in [3.8, 4) is 11.5 Å². The Labute approximate surface area is 237 Å². The first-order valence-corrected chi connectivity index (χ1v) is 13.4. The third kappa shape index (κ3) is 5.94. The predicted molar refractivity (Wildman–Crippen MR) is 152 cm³/mol. The number of carboxylic acid groups (broad SMARTS) is 1. The maximum Gasteiger partial charge on any atom is 0.335 e. The third-order valence-electron chi connectivity index (χ3n) is 5.30. The number of aryl methyl sites for hydroxylation is 1. The van der Waals surface area contributed by atoms with Crippen LogP contribution < -0.4 is 15.0 Å². The molecule has 0 radical (unpaired) electrons. The largest absolute Gasteiger partial charge is 0.490 e. The van der Waals surface area contributed by atoms with Crippen LogP contribution in [0.15, 0.2) is 71.8 Å².